The quantitative estimate of drug-likeness (QED) is 0.619. The number of benzene rings is 1. The van der Waals surface area contributed by atoms with Crippen molar-refractivity contribution in [3.05, 3.63) is 29.8 Å². The average molecular weight is 441 g/mol. The van der Waals surface area contributed by atoms with Gasteiger partial charge in [-0.1, -0.05) is 19.0 Å². The van der Waals surface area contributed by atoms with E-state index in [4.69, 9.17) is 9.26 Å². The minimum atomic E-state index is -3.58. The molecule has 1 aliphatic rings. The molecule has 0 amide bonds. The van der Waals surface area contributed by atoms with Gasteiger partial charge in [-0.15, -0.1) is 0 Å². The second-order valence-electron chi connectivity index (χ2n) is 7.96. The fourth-order valence-electron chi connectivity index (χ4n) is 3.35. The highest BCUT2D eigenvalue weighted by Gasteiger charge is 2.24. The molecule has 0 N–H and O–H groups in total. The first-order chi connectivity index (χ1) is 14.1. The summed E-state index contributed by atoms with van der Waals surface area (Å²) in [6, 6.07) is 4.72. The lowest BCUT2D eigenvalue weighted by atomic mass is 10.2. The fraction of sp³-hybridized carbons (Fsp3) is 0.600. The van der Waals surface area contributed by atoms with E-state index in [1.54, 1.807) is 0 Å². The maximum absolute atomic E-state index is 14.0. The first-order valence-corrected chi connectivity index (χ1v) is 12.0. The van der Waals surface area contributed by atoms with E-state index in [1.807, 2.05) is 13.8 Å². The third-order valence-corrected chi connectivity index (χ3v) is 6.39. The van der Waals surface area contributed by atoms with Gasteiger partial charge in [-0.05, 0) is 25.5 Å². The lowest BCUT2D eigenvalue weighted by Gasteiger charge is -2.37. The van der Waals surface area contributed by atoms with Crippen LogP contribution in [0.5, 0.6) is 5.75 Å². The Morgan fingerprint density at radius 2 is 1.90 bits per heavy atom. The molecular weight excluding hydrogens is 411 g/mol. The third kappa shape index (κ3) is 5.48. The van der Waals surface area contributed by atoms with Crippen LogP contribution in [0.4, 0.5) is 10.4 Å². The van der Waals surface area contributed by atoms with Crippen molar-refractivity contribution in [2.45, 2.75) is 44.0 Å². The number of hydrogen-bond acceptors (Lipinski definition) is 8. The van der Waals surface area contributed by atoms with E-state index in [1.165, 1.54) is 12.1 Å². The molecule has 10 heteroatoms. The fourth-order valence-corrected chi connectivity index (χ4v) is 4.07. The van der Waals surface area contributed by atoms with Crippen LogP contribution in [0.15, 0.2) is 27.6 Å². The Labute approximate surface area is 176 Å². The molecule has 166 valence electrons. The van der Waals surface area contributed by atoms with E-state index >= 15 is 0 Å². The first-order valence-electron chi connectivity index (χ1n) is 10.1. The van der Waals surface area contributed by atoms with Crippen molar-refractivity contribution in [2.75, 3.05) is 43.9 Å². The van der Waals surface area contributed by atoms with Crippen LogP contribution in [-0.2, 0) is 9.84 Å². The predicted octanol–water partition coefficient (Wildman–Crippen LogP) is 2.72. The van der Waals surface area contributed by atoms with Gasteiger partial charge in [-0.25, -0.2) is 12.8 Å². The predicted molar refractivity (Wildman–Crippen MR) is 111 cm³/mol. The molecular formula is C20H29FN4O4S. The van der Waals surface area contributed by atoms with Crippen LogP contribution in [0.1, 0.15) is 38.9 Å². The summed E-state index contributed by atoms with van der Waals surface area (Å²) in [5, 5.41) is 4.02. The van der Waals surface area contributed by atoms with E-state index in [0.717, 1.165) is 50.7 Å². The topological polar surface area (TPSA) is 88.8 Å². The van der Waals surface area contributed by atoms with Gasteiger partial charge in [0, 0.05) is 50.5 Å². The second kappa shape index (κ2) is 9.30. The van der Waals surface area contributed by atoms with Crippen LogP contribution in [0.3, 0.4) is 0 Å². The number of aromatic nitrogens is 2. The number of hydrogen-bond donors (Lipinski definition) is 0. The first kappa shape index (κ1) is 22.5. The van der Waals surface area contributed by atoms with Gasteiger partial charge in [0.05, 0.1) is 6.61 Å². The molecule has 8 nitrogen and oxygen atoms in total. The standard InChI is InChI=1S/C20H29FN4O4S/c1-14(2)19-22-20(29-23-19)25-10-8-24(9-11-25)15(3)7-12-28-16-5-6-18(17(21)13-16)30(4,26)27/h5-6,13-15H,7-12H2,1-4H3. The lowest BCUT2D eigenvalue weighted by Crippen LogP contribution is -2.50. The number of piperazine rings is 1. The van der Waals surface area contributed by atoms with E-state index in [2.05, 4.69) is 26.9 Å². The zero-order valence-electron chi connectivity index (χ0n) is 17.8. The number of sulfone groups is 1. The average Bonchev–Trinajstić information content (AvgIpc) is 3.18. The Kier molecular flexibility index (Phi) is 6.97. The molecule has 1 unspecified atom stereocenters. The summed E-state index contributed by atoms with van der Waals surface area (Å²) >= 11 is 0. The van der Waals surface area contributed by atoms with Crippen LogP contribution in [0.25, 0.3) is 0 Å². The van der Waals surface area contributed by atoms with Crippen molar-refractivity contribution in [1.82, 2.24) is 15.0 Å². The van der Waals surface area contributed by atoms with Gasteiger partial charge in [0.15, 0.2) is 15.7 Å². The summed E-state index contributed by atoms with van der Waals surface area (Å²) < 4.78 is 47.9. The molecule has 1 aromatic heterocycles. The van der Waals surface area contributed by atoms with Crippen molar-refractivity contribution in [2.24, 2.45) is 0 Å². The summed E-state index contributed by atoms with van der Waals surface area (Å²) in [6.45, 7) is 9.98. The van der Waals surface area contributed by atoms with E-state index < -0.39 is 15.7 Å². The second-order valence-corrected chi connectivity index (χ2v) is 9.95. The molecule has 2 heterocycles. The largest absolute Gasteiger partial charge is 0.493 e. The molecule has 3 rings (SSSR count). The number of ether oxygens (including phenoxy) is 1. The van der Waals surface area contributed by atoms with E-state index in [0.29, 0.717) is 24.4 Å². The molecule has 1 saturated heterocycles. The summed E-state index contributed by atoms with van der Waals surface area (Å²) in [7, 11) is -3.58. The smallest absolute Gasteiger partial charge is 0.324 e. The Hall–Kier alpha value is -2.20. The molecule has 1 fully saturated rings. The normalized spacial score (nSPS) is 16.8. The van der Waals surface area contributed by atoms with Gasteiger partial charge in [-0.2, -0.15) is 4.98 Å². The molecule has 0 spiro atoms. The maximum atomic E-state index is 14.0. The molecule has 0 aliphatic carbocycles. The van der Waals surface area contributed by atoms with E-state index in [-0.39, 0.29) is 10.8 Å². The molecule has 1 aliphatic heterocycles. The number of anilines is 1. The minimum absolute atomic E-state index is 0.236. The summed E-state index contributed by atoms with van der Waals surface area (Å²) in [5.74, 6) is 0.494. The Balaban J connectivity index is 1.45. The molecule has 0 bridgehead atoms. The molecule has 1 aromatic carbocycles. The summed E-state index contributed by atoms with van der Waals surface area (Å²) in [5.41, 5.74) is 0. The zero-order valence-corrected chi connectivity index (χ0v) is 18.7. The van der Waals surface area contributed by atoms with Gasteiger partial charge >= 0.3 is 6.01 Å². The third-order valence-electron chi connectivity index (χ3n) is 5.26. The molecule has 1 atom stereocenters. The Morgan fingerprint density at radius 1 is 1.20 bits per heavy atom. The van der Waals surface area contributed by atoms with Crippen molar-refractivity contribution in [3.63, 3.8) is 0 Å². The van der Waals surface area contributed by atoms with Crippen LogP contribution in [-0.4, -0.2) is 68.5 Å². The minimum Gasteiger partial charge on any atom is -0.493 e. The highest BCUT2D eigenvalue weighted by Crippen LogP contribution is 2.22. The van der Waals surface area contributed by atoms with Crippen molar-refractivity contribution >= 4 is 15.9 Å². The highest BCUT2D eigenvalue weighted by molar-refractivity contribution is 7.90. The van der Waals surface area contributed by atoms with Gasteiger partial charge in [0.2, 0.25) is 0 Å². The van der Waals surface area contributed by atoms with Crippen LogP contribution in [0, 0.1) is 5.82 Å². The van der Waals surface area contributed by atoms with Gasteiger partial charge in [-0.3, -0.25) is 4.90 Å². The molecule has 2 aromatic rings. The van der Waals surface area contributed by atoms with Gasteiger partial charge in [0.1, 0.15) is 16.5 Å². The monoisotopic (exact) mass is 440 g/mol. The van der Waals surface area contributed by atoms with Crippen molar-refractivity contribution in [1.29, 1.82) is 0 Å². The Morgan fingerprint density at radius 3 is 2.47 bits per heavy atom. The lowest BCUT2D eigenvalue weighted by molar-refractivity contribution is 0.163. The number of nitrogens with zero attached hydrogens (tertiary/aromatic N) is 4. The molecule has 0 saturated carbocycles. The summed E-state index contributed by atoms with van der Waals surface area (Å²) in [6.07, 6.45) is 1.75. The zero-order chi connectivity index (χ0) is 21.9. The van der Waals surface area contributed by atoms with Crippen LogP contribution < -0.4 is 9.64 Å². The van der Waals surface area contributed by atoms with Crippen LogP contribution >= 0.6 is 0 Å². The van der Waals surface area contributed by atoms with Crippen molar-refractivity contribution in [3.8, 4) is 5.75 Å². The van der Waals surface area contributed by atoms with Crippen LogP contribution in [0.2, 0.25) is 0 Å². The van der Waals surface area contributed by atoms with Gasteiger partial charge < -0.3 is 14.2 Å². The molecule has 0 radical (unpaired) electrons. The highest BCUT2D eigenvalue weighted by atomic mass is 32.2. The van der Waals surface area contributed by atoms with Gasteiger partial charge in [0.25, 0.3) is 0 Å². The summed E-state index contributed by atoms with van der Waals surface area (Å²) in [4.78, 5) is 8.61. The Bertz CT molecular complexity index is 955. The van der Waals surface area contributed by atoms with Crippen molar-refractivity contribution < 1.29 is 22.1 Å². The van der Waals surface area contributed by atoms with E-state index in [9.17, 15) is 12.8 Å². The molecule has 30 heavy (non-hydrogen) atoms. The number of halogens is 1. The SMILES string of the molecule is CC(C)c1noc(N2CCN(C(C)CCOc3ccc(S(C)(=O)=O)c(F)c3)CC2)n1. The number of rotatable bonds is 8. The maximum Gasteiger partial charge on any atom is 0.324 e.